The molecular formula is C12H28N2O2. The molecule has 0 rings (SSSR count). The standard InChI is InChI=1S/C12H28N2O2/c1-4-10(3)16-12(7-6-8-13)11(14)9-15-5-2/h10-12H,4-9,13-14H2,1-3H3. The molecule has 3 unspecified atom stereocenters. The van der Waals surface area contributed by atoms with E-state index in [1.807, 2.05) is 6.92 Å². The number of nitrogens with two attached hydrogens (primary N) is 2. The topological polar surface area (TPSA) is 70.5 Å². The number of ether oxygens (including phenoxy) is 2. The third-order valence-corrected chi connectivity index (χ3v) is 2.67. The van der Waals surface area contributed by atoms with E-state index in [4.69, 9.17) is 20.9 Å². The van der Waals surface area contributed by atoms with Crippen molar-refractivity contribution >= 4 is 0 Å². The largest absolute Gasteiger partial charge is 0.380 e. The molecule has 0 fully saturated rings. The van der Waals surface area contributed by atoms with Crippen LogP contribution in [-0.4, -0.2) is 38.0 Å². The minimum Gasteiger partial charge on any atom is -0.380 e. The first-order valence-electron chi connectivity index (χ1n) is 6.34. The molecule has 4 nitrogen and oxygen atoms in total. The van der Waals surface area contributed by atoms with E-state index in [-0.39, 0.29) is 18.2 Å². The van der Waals surface area contributed by atoms with Gasteiger partial charge in [0, 0.05) is 6.61 Å². The SMILES string of the molecule is CCOCC(N)C(CCCN)OC(C)CC. The fourth-order valence-corrected chi connectivity index (χ4v) is 1.46. The quantitative estimate of drug-likeness (QED) is 0.595. The number of hydrogen-bond donors (Lipinski definition) is 2. The minimum absolute atomic E-state index is 0.0551. The van der Waals surface area contributed by atoms with Crippen LogP contribution < -0.4 is 11.5 Å². The van der Waals surface area contributed by atoms with Gasteiger partial charge in [-0.1, -0.05) is 6.92 Å². The van der Waals surface area contributed by atoms with Gasteiger partial charge in [0.25, 0.3) is 0 Å². The summed E-state index contributed by atoms with van der Waals surface area (Å²) < 4.78 is 11.2. The Kier molecular flexibility index (Phi) is 9.92. The summed E-state index contributed by atoms with van der Waals surface area (Å²) in [6.45, 7) is 8.09. The Bertz CT molecular complexity index is 156. The van der Waals surface area contributed by atoms with E-state index >= 15 is 0 Å². The van der Waals surface area contributed by atoms with Crippen LogP contribution in [-0.2, 0) is 9.47 Å². The van der Waals surface area contributed by atoms with E-state index in [0.29, 0.717) is 19.8 Å². The number of rotatable bonds is 10. The molecule has 0 bridgehead atoms. The molecule has 4 N–H and O–H groups in total. The predicted molar refractivity (Wildman–Crippen MR) is 67.4 cm³/mol. The normalized spacial score (nSPS) is 17.1. The molecule has 0 spiro atoms. The van der Waals surface area contributed by atoms with Crippen LogP contribution in [0.2, 0.25) is 0 Å². The van der Waals surface area contributed by atoms with Gasteiger partial charge in [-0.25, -0.2) is 0 Å². The molecule has 16 heavy (non-hydrogen) atoms. The summed E-state index contributed by atoms with van der Waals surface area (Å²) >= 11 is 0. The van der Waals surface area contributed by atoms with Crippen molar-refractivity contribution in [2.45, 2.75) is 58.3 Å². The Morgan fingerprint density at radius 2 is 1.94 bits per heavy atom. The van der Waals surface area contributed by atoms with Crippen LogP contribution in [0.5, 0.6) is 0 Å². The average molecular weight is 232 g/mol. The summed E-state index contributed by atoms with van der Waals surface area (Å²) in [5.74, 6) is 0. The fourth-order valence-electron chi connectivity index (χ4n) is 1.46. The summed E-state index contributed by atoms with van der Waals surface area (Å²) in [6, 6.07) is -0.0551. The summed E-state index contributed by atoms with van der Waals surface area (Å²) in [6.07, 6.45) is 3.16. The molecular weight excluding hydrogens is 204 g/mol. The summed E-state index contributed by atoms with van der Waals surface area (Å²) in [5, 5.41) is 0. The van der Waals surface area contributed by atoms with E-state index in [2.05, 4.69) is 13.8 Å². The van der Waals surface area contributed by atoms with Crippen LogP contribution in [0, 0.1) is 0 Å². The maximum atomic E-state index is 6.06. The highest BCUT2D eigenvalue weighted by atomic mass is 16.5. The fraction of sp³-hybridized carbons (Fsp3) is 1.00. The van der Waals surface area contributed by atoms with Crippen LogP contribution in [0.4, 0.5) is 0 Å². The highest BCUT2D eigenvalue weighted by molar-refractivity contribution is 4.74. The van der Waals surface area contributed by atoms with Gasteiger partial charge in [0.2, 0.25) is 0 Å². The van der Waals surface area contributed by atoms with Crippen molar-refractivity contribution in [2.24, 2.45) is 11.5 Å². The first-order chi connectivity index (χ1) is 7.65. The van der Waals surface area contributed by atoms with E-state index in [0.717, 1.165) is 19.3 Å². The second-order valence-electron chi connectivity index (χ2n) is 4.15. The Balaban J connectivity index is 4.05. The first-order valence-corrected chi connectivity index (χ1v) is 6.34. The maximum Gasteiger partial charge on any atom is 0.0752 e. The van der Waals surface area contributed by atoms with Gasteiger partial charge >= 0.3 is 0 Å². The van der Waals surface area contributed by atoms with Crippen LogP contribution >= 0.6 is 0 Å². The molecule has 0 aromatic carbocycles. The highest BCUT2D eigenvalue weighted by Gasteiger charge is 2.20. The molecule has 0 aliphatic carbocycles. The van der Waals surface area contributed by atoms with Crippen LogP contribution in [0.15, 0.2) is 0 Å². The molecule has 0 radical (unpaired) electrons. The second-order valence-corrected chi connectivity index (χ2v) is 4.15. The van der Waals surface area contributed by atoms with Crippen molar-refractivity contribution < 1.29 is 9.47 Å². The van der Waals surface area contributed by atoms with E-state index in [1.165, 1.54) is 0 Å². The maximum absolute atomic E-state index is 6.06. The summed E-state index contributed by atoms with van der Waals surface area (Å²) in [4.78, 5) is 0. The average Bonchev–Trinajstić information content (AvgIpc) is 2.30. The Morgan fingerprint density at radius 1 is 1.25 bits per heavy atom. The second kappa shape index (κ2) is 10.0. The molecule has 0 saturated heterocycles. The third kappa shape index (κ3) is 7.17. The lowest BCUT2D eigenvalue weighted by Gasteiger charge is -2.27. The van der Waals surface area contributed by atoms with Gasteiger partial charge in [-0.2, -0.15) is 0 Å². The van der Waals surface area contributed by atoms with Crippen molar-refractivity contribution in [3.8, 4) is 0 Å². The Morgan fingerprint density at radius 3 is 2.44 bits per heavy atom. The van der Waals surface area contributed by atoms with Crippen molar-refractivity contribution in [2.75, 3.05) is 19.8 Å². The molecule has 0 heterocycles. The summed E-state index contributed by atoms with van der Waals surface area (Å²) in [5.41, 5.74) is 11.6. The van der Waals surface area contributed by atoms with Gasteiger partial charge in [0.15, 0.2) is 0 Å². The van der Waals surface area contributed by atoms with Crippen molar-refractivity contribution in [1.29, 1.82) is 0 Å². The lowest BCUT2D eigenvalue weighted by atomic mass is 10.1. The zero-order chi connectivity index (χ0) is 12.4. The van der Waals surface area contributed by atoms with Gasteiger partial charge in [0.05, 0.1) is 24.9 Å². The number of hydrogen-bond acceptors (Lipinski definition) is 4. The van der Waals surface area contributed by atoms with E-state index < -0.39 is 0 Å². The van der Waals surface area contributed by atoms with Crippen molar-refractivity contribution in [3.05, 3.63) is 0 Å². The molecule has 0 aliphatic rings. The van der Waals surface area contributed by atoms with Gasteiger partial charge in [-0.3, -0.25) is 0 Å². The van der Waals surface area contributed by atoms with Gasteiger partial charge in [-0.05, 0) is 39.7 Å². The van der Waals surface area contributed by atoms with E-state index in [1.54, 1.807) is 0 Å². The lowest BCUT2D eigenvalue weighted by molar-refractivity contribution is -0.0377. The predicted octanol–water partition coefficient (Wildman–Crippen LogP) is 1.27. The van der Waals surface area contributed by atoms with Crippen LogP contribution in [0.1, 0.15) is 40.0 Å². The van der Waals surface area contributed by atoms with Crippen LogP contribution in [0.25, 0.3) is 0 Å². The lowest BCUT2D eigenvalue weighted by Crippen LogP contribution is -2.42. The Hall–Kier alpha value is -0.160. The van der Waals surface area contributed by atoms with Gasteiger partial charge in [-0.15, -0.1) is 0 Å². The molecule has 3 atom stereocenters. The zero-order valence-corrected chi connectivity index (χ0v) is 10.9. The molecule has 0 saturated carbocycles. The Labute approximate surface area is 99.7 Å². The molecule has 0 amide bonds. The molecule has 98 valence electrons. The van der Waals surface area contributed by atoms with Crippen molar-refractivity contribution in [1.82, 2.24) is 0 Å². The zero-order valence-electron chi connectivity index (χ0n) is 10.9. The molecule has 0 aromatic heterocycles. The first kappa shape index (κ1) is 15.8. The van der Waals surface area contributed by atoms with Gasteiger partial charge < -0.3 is 20.9 Å². The molecule has 4 heteroatoms. The smallest absolute Gasteiger partial charge is 0.0752 e. The summed E-state index contributed by atoms with van der Waals surface area (Å²) in [7, 11) is 0. The molecule has 0 aliphatic heterocycles. The minimum atomic E-state index is -0.0551. The van der Waals surface area contributed by atoms with E-state index in [9.17, 15) is 0 Å². The molecule has 0 aromatic rings. The van der Waals surface area contributed by atoms with Crippen LogP contribution in [0.3, 0.4) is 0 Å². The third-order valence-electron chi connectivity index (χ3n) is 2.67. The van der Waals surface area contributed by atoms with Gasteiger partial charge in [0.1, 0.15) is 0 Å². The highest BCUT2D eigenvalue weighted by Crippen LogP contribution is 2.11. The van der Waals surface area contributed by atoms with Crippen molar-refractivity contribution in [3.63, 3.8) is 0 Å². The monoisotopic (exact) mass is 232 g/mol.